The number of aliphatic hydroxyl groups excluding tert-OH is 1. The van der Waals surface area contributed by atoms with E-state index < -0.39 is 0 Å². The van der Waals surface area contributed by atoms with Gasteiger partial charge in [-0.3, -0.25) is 9.69 Å². The fourth-order valence-corrected chi connectivity index (χ4v) is 5.17. The molecule has 1 amide bonds. The molecule has 1 aromatic heterocycles. The monoisotopic (exact) mass is 389 g/mol. The number of amides is 1. The third-order valence-corrected chi connectivity index (χ3v) is 6.59. The number of ether oxygens (including phenoxy) is 1. The Kier molecular flexibility index (Phi) is 6.61. The second-order valence-electron chi connectivity index (χ2n) is 8.83. The van der Waals surface area contributed by atoms with E-state index in [9.17, 15) is 9.90 Å². The number of carbonyl (C=O) groups excluding carboxylic acids is 1. The van der Waals surface area contributed by atoms with Gasteiger partial charge in [0, 0.05) is 38.3 Å². The quantitative estimate of drug-likeness (QED) is 0.703. The second kappa shape index (κ2) is 8.78. The van der Waals surface area contributed by atoms with E-state index in [0.29, 0.717) is 24.4 Å². The summed E-state index contributed by atoms with van der Waals surface area (Å²) in [7, 11) is 3.47. The van der Waals surface area contributed by atoms with Gasteiger partial charge in [0.2, 0.25) is 11.8 Å². The molecule has 0 unspecified atom stereocenters. The minimum absolute atomic E-state index is 0.00798. The molecule has 2 fully saturated rings. The summed E-state index contributed by atoms with van der Waals surface area (Å²) < 4.78 is 5.28. The lowest BCUT2D eigenvalue weighted by atomic mass is 9.69. The third kappa shape index (κ3) is 4.03. The predicted octanol–water partition coefficient (Wildman–Crippen LogP) is 2.70. The fraction of sp³-hybridized carbons (Fsp3) is 0.727. The molecule has 156 valence electrons. The molecular weight excluding hydrogens is 354 g/mol. The fourth-order valence-electron chi connectivity index (χ4n) is 5.17. The van der Waals surface area contributed by atoms with Crippen molar-refractivity contribution in [1.29, 1.82) is 0 Å². The van der Waals surface area contributed by atoms with Crippen LogP contribution >= 0.6 is 0 Å². The summed E-state index contributed by atoms with van der Waals surface area (Å²) >= 11 is 0. The molecule has 2 aliphatic rings. The number of pyridine rings is 1. The highest BCUT2D eigenvalue weighted by Gasteiger charge is 2.59. The van der Waals surface area contributed by atoms with E-state index >= 15 is 0 Å². The van der Waals surface area contributed by atoms with E-state index in [1.165, 1.54) is 0 Å². The molecule has 3 atom stereocenters. The van der Waals surface area contributed by atoms with Gasteiger partial charge in [0.15, 0.2) is 0 Å². The highest BCUT2D eigenvalue weighted by molar-refractivity contribution is 5.84. The van der Waals surface area contributed by atoms with Crippen molar-refractivity contribution in [1.82, 2.24) is 14.8 Å². The van der Waals surface area contributed by atoms with Crippen LogP contribution in [-0.4, -0.2) is 65.2 Å². The van der Waals surface area contributed by atoms with Crippen LogP contribution in [-0.2, 0) is 11.3 Å². The maximum absolute atomic E-state index is 13.5. The van der Waals surface area contributed by atoms with E-state index in [1.54, 1.807) is 12.0 Å². The molecule has 0 aliphatic carbocycles. The summed E-state index contributed by atoms with van der Waals surface area (Å²) in [6.07, 6.45) is 5.10. The van der Waals surface area contributed by atoms with Gasteiger partial charge >= 0.3 is 0 Å². The molecule has 3 heterocycles. The van der Waals surface area contributed by atoms with E-state index in [0.717, 1.165) is 44.3 Å². The van der Waals surface area contributed by atoms with Crippen LogP contribution in [0.4, 0.5) is 0 Å². The number of hydrogen-bond donors (Lipinski definition) is 1. The van der Waals surface area contributed by atoms with Crippen molar-refractivity contribution >= 4 is 5.91 Å². The lowest BCUT2D eigenvalue weighted by Crippen LogP contribution is -2.50. The van der Waals surface area contributed by atoms with Crippen molar-refractivity contribution in [2.45, 2.75) is 64.6 Å². The first-order valence-electron chi connectivity index (χ1n) is 10.5. The Hall–Kier alpha value is -1.66. The molecule has 28 heavy (non-hydrogen) atoms. The predicted molar refractivity (Wildman–Crippen MR) is 109 cm³/mol. The number of fused-ring (bicyclic) bond motifs is 2. The average Bonchev–Trinajstić information content (AvgIpc) is 3.21. The third-order valence-electron chi connectivity index (χ3n) is 6.59. The number of rotatable bonds is 9. The number of hydrogen-bond acceptors (Lipinski definition) is 5. The Labute approximate surface area is 168 Å². The van der Waals surface area contributed by atoms with Gasteiger partial charge in [0.05, 0.1) is 24.8 Å². The Morgan fingerprint density at radius 2 is 2.21 bits per heavy atom. The van der Waals surface area contributed by atoms with Crippen LogP contribution in [0.3, 0.4) is 0 Å². The van der Waals surface area contributed by atoms with Crippen molar-refractivity contribution in [2.75, 3.05) is 27.3 Å². The lowest BCUT2D eigenvalue weighted by Gasteiger charge is -2.39. The first-order valence-corrected chi connectivity index (χ1v) is 10.5. The van der Waals surface area contributed by atoms with Crippen LogP contribution in [0.25, 0.3) is 0 Å². The Morgan fingerprint density at radius 3 is 2.89 bits per heavy atom. The summed E-state index contributed by atoms with van der Waals surface area (Å²) in [5.74, 6) is 1.41. The molecule has 0 aromatic carbocycles. The van der Waals surface area contributed by atoms with Gasteiger partial charge in [-0.1, -0.05) is 19.9 Å². The minimum Gasteiger partial charge on any atom is -0.481 e. The van der Waals surface area contributed by atoms with Gasteiger partial charge < -0.3 is 14.7 Å². The van der Waals surface area contributed by atoms with E-state index in [4.69, 9.17) is 4.74 Å². The molecule has 6 heteroatoms. The molecule has 3 rings (SSSR count). The van der Waals surface area contributed by atoms with Gasteiger partial charge in [-0.2, -0.15) is 0 Å². The largest absolute Gasteiger partial charge is 0.481 e. The van der Waals surface area contributed by atoms with Gasteiger partial charge in [0.1, 0.15) is 0 Å². The van der Waals surface area contributed by atoms with Gasteiger partial charge in [-0.25, -0.2) is 4.98 Å². The number of aliphatic hydroxyl groups is 1. The van der Waals surface area contributed by atoms with Crippen molar-refractivity contribution in [3.05, 3.63) is 23.9 Å². The molecule has 0 spiro atoms. The molecule has 1 aromatic rings. The number of likely N-dealkylation sites (N-methyl/N-ethyl adjacent to an activating group) is 1. The Morgan fingerprint density at radius 1 is 1.43 bits per heavy atom. The minimum atomic E-state index is -0.337. The highest BCUT2D eigenvalue weighted by Crippen LogP contribution is 2.54. The summed E-state index contributed by atoms with van der Waals surface area (Å²) in [5.41, 5.74) is 0.655. The molecule has 2 saturated heterocycles. The summed E-state index contributed by atoms with van der Waals surface area (Å²) in [4.78, 5) is 22.3. The van der Waals surface area contributed by atoms with Crippen LogP contribution in [0.1, 0.15) is 51.6 Å². The van der Waals surface area contributed by atoms with Gasteiger partial charge in [-0.15, -0.1) is 0 Å². The number of nitrogens with zero attached hydrogens (tertiary/aromatic N) is 3. The van der Waals surface area contributed by atoms with Crippen LogP contribution < -0.4 is 4.74 Å². The van der Waals surface area contributed by atoms with E-state index in [-0.39, 0.29) is 24.0 Å². The normalized spacial score (nSPS) is 26.8. The summed E-state index contributed by atoms with van der Waals surface area (Å²) in [6.45, 7) is 5.61. The zero-order valence-electron chi connectivity index (χ0n) is 17.7. The van der Waals surface area contributed by atoms with Crippen LogP contribution in [0.15, 0.2) is 18.2 Å². The number of carbonyl (C=O) groups is 1. The standard InChI is InChI=1S/C22H35N3O3/c1-16(2)10-11-22(21(27)24(3)12-13-26)14-18-8-9-19(22)25(18)15-17-6-5-7-20(23-17)28-4/h5-7,16,18-19,26H,8-15H2,1-4H3/t18-,19+,22+/m1/s1. The zero-order valence-corrected chi connectivity index (χ0v) is 17.7. The van der Waals surface area contributed by atoms with E-state index in [1.807, 2.05) is 25.2 Å². The maximum Gasteiger partial charge on any atom is 0.230 e. The molecule has 2 bridgehead atoms. The van der Waals surface area contributed by atoms with Crippen LogP contribution in [0.5, 0.6) is 5.88 Å². The Balaban J connectivity index is 1.84. The van der Waals surface area contributed by atoms with E-state index in [2.05, 4.69) is 23.7 Å². The Bertz CT molecular complexity index is 681. The number of aromatic nitrogens is 1. The smallest absolute Gasteiger partial charge is 0.230 e. The van der Waals surface area contributed by atoms with Crippen LogP contribution in [0.2, 0.25) is 0 Å². The van der Waals surface area contributed by atoms with Crippen molar-refractivity contribution in [3.63, 3.8) is 0 Å². The lowest BCUT2D eigenvalue weighted by molar-refractivity contribution is -0.144. The highest BCUT2D eigenvalue weighted by atomic mass is 16.5. The molecular formula is C22H35N3O3. The first kappa shape index (κ1) is 21.1. The number of methoxy groups -OCH3 is 1. The second-order valence-corrected chi connectivity index (χ2v) is 8.83. The van der Waals surface area contributed by atoms with Gasteiger partial charge in [0.25, 0.3) is 0 Å². The molecule has 0 radical (unpaired) electrons. The molecule has 2 aliphatic heterocycles. The summed E-state index contributed by atoms with van der Waals surface area (Å²) in [6, 6.07) is 6.55. The first-order chi connectivity index (χ1) is 13.4. The van der Waals surface area contributed by atoms with Crippen molar-refractivity contribution < 1.29 is 14.6 Å². The topological polar surface area (TPSA) is 65.9 Å². The SMILES string of the molecule is COc1cccc(CN2[C@@H]3CC[C@H]2[C@@](CCC(C)C)(C(=O)N(C)CCO)C3)n1. The molecule has 0 saturated carbocycles. The van der Waals surface area contributed by atoms with Crippen molar-refractivity contribution in [3.8, 4) is 5.88 Å². The maximum atomic E-state index is 13.5. The molecule has 1 N–H and O–H groups in total. The summed E-state index contributed by atoms with van der Waals surface area (Å²) in [5, 5.41) is 9.33. The zero-order chi connectivity index (χ0) is 20.3. The average molecular weight is 390 g/mol. The van der Waals surface area contributed by atoms with Crippen LogP contribution in [0, 0.1) is 11.3 Å². The van der Waals surface area contributed by atoms with Gasteiger partial charge in [-0.05, 0) is 44.1 Å². The van der Waals surface area contributed by atoms with Crippen molar-refractivity contribution in [2.24, 2.45) is 11.3 Å². The molecule has 6 nitrogen and oxygen atoms in total.